The first kappa shape index (κ1) is 7.31. The molecule has 0 atom stereocenters. The second-order valence-corrected chi connectivity index (χ2v) is 1.82. The first-order valence-corrected chi connectivity index (χ1v) is 2.83. The molecule has 0 unspecified atom stereocenters. The molecule has 1 heterocycles. The number of hydrogen-bond acceptors (Lipinski definition) is 3. The maximum absolute atomic E-state index is 10.6. The Labute approximate surface area is 62.0 Å². The number of pyridine rings is 1. The van der Waals surface area contributed by atoms with Gasteiger partial charge < -0.3 is 4.84 Å². The molecule has 11 heavy (non-hydrogen) atoms. The van der Waals surface area contributed by atoms with Crippen LogP contribution in [0.4, 0.5) is 0 Å². The van der Waals surface area contributed by atoms with Crippen LogP contribution in [0.3, 0.4) is 0 Å². The van der Waals surface area contributed by atoms with E-state index in [0.29, 0.717) is 0 Å². The van der Waals surface area contributed by atoms with Crippen molar-refractivity contribution in [3.05, 3.63) is 28.0 Å². The summed E-state index contributed by atoms with van der Waals surface area (Å²) in [4.78, 5) is 17.4. The lowest BCUT2D eigenvalue weighted by molar-refractivity contribution is -0.636. The Morgan fingerprint density at radius 3 is 2.91 bits per heavy atom. The zero-order valence-electron chi connectivity index (χ0n) is 5.63. The van der Waals surface area contributed by atoms with E-state index in [-0.39, 0.29) is 17.0 Å². The monoisotopic (exact) mass is 152 g/mol. The molecule has 5 heteroatoms. The maximum Gasteiger partial charge on any atom is 0.280 e. The molecular weight excluding hydrogens is 146 g/mol. The molecule has 1 rings (SSSR count). The number of aromatic amines is 1. The van der Waals surface area contributed by atoms with Crippen LogP contribution in [0.15, 0.2) is 16.9 Å². The molecule has 5 nitrogen and oxygen atoms in total. The van der Waals surface area contributed by atoms with Gasteiger partial charge in [0.15, 0.2) is 0 Å². The van der Waals surface area contributed by atoms with E-state index in [0.717, 1.165) is 0 Å². The van der Waals surface area contributed by atoms with E-state index in [1.54, 1.807) is 0 Å². The first-order chi connectivity index (χ1) is 5.27. The minimum atomic E-state index is -0.317. The molecule has 0 amide bonds. The maximum atomic E-state index is 10.6. The second kappa shape index (κ2) is 2.86. The van der Waals surface area contributed by atoms with E-state index in [1.807, 2.05) is 6.07 Å². The Balaban J connectivity index is 3.30. The standard InChI is InChI=1S/C6H5N3O2/c7-3-4-1-2-5(10)9-6(4)11-8/h1-2H,8H3/p+1. The normalized spacial score (nSPS) is 8.73. The topological polar surface area (TPSA) is 93.5 Å². The first-order valence-electron chi connectivity index (χ1n) is 2.83. The molecule has 1 aromatic heterocycles. The Hall–Kier alpha value is -1.80. The predicted octanol–water partition coefficient (Wildman–Crippen LogP) is -1.22. The van der Waals surface area contributed by atoms with Gasteiger partial charge in [0.2, 0.25) is 0 Å². The second-order valence-electron chi connectivity index (χ2n) is 1.82. The van der Waals surface area contributed by atoms with E-state index >= 15 is 0 Å². The highest BCUT2D eigenvalue weighted by molar-refractivity contribution is 5.36. The molecule has 0 aliphatic heterocycles. The van der Waals surface area contributed by atoms with Crippen molar-refractivity contribution in [1.82, 2.24) is 4.98 Å². The molecule has 0 aromatic carbocycles. The number of aromatic nitrogens is 1. The summed E-state index contributed by atoms with van der Waals surface area (Å²) in [5.41, 5.74) is -0.0535. The van der Waals surface area contributed by atoms with Gasteiger partial charge in [0.1, 0.15) is 11.6 Å². The zero-order valence-corrected chi connectivity index (χ0v) is 5.63. The Morgan fingerprint density at radius 2 is 2.36 bits per heavy atom. The molecular formula is C6H6N3O2+. The van der Waals surface area contributed by atoms with Crippen molar-refractivity contribution < 1.29 is 10.7 Å². The van der Waals surface area contributed by atoms with Gasteiger partial charge in [-0.15, -0.1) is 0 Å². The summed E-state index contributed by atoms with van der Waals surface area (Å²) in [5.74, 6) is 3.18. The van der Waals surface area contributed by atoms with Gasteiger partial charge in [-0.2, -0.15) is 11.2 Å². The number of nitriles is 1. The molecule has 1 aromatic rings. The van der Waals surface area contributed by atoms with Crippen molar-refractivity contribution in [2.45, 2.75) is 0 Å². The summed E-state index contributed by atoms with van der Waals surface area (Å²) in [5, 5.41) is 8.46. The highest BCUT2D eigenvalue weighted by Crippen LogP contribution is 2.07. The minimum Gasteiger partial charge on any atom is -0.301 e. The number of nitrogens with zero attached hydrogens (tertiary/aromatic N) is 1. The van der Waals surface area contributed by atoms with Gasteiger partial charge in [-0.05, 0) is 6.07 Å². The van der Waals surface area contributed by atoms with E-state index in [9.17, 15) is 4.79 Å². The summed E-state index contributed by atoms with van der Waals surface area (Å²) in [6.45, 7) is 0. The van der Waals surface area contributed by atoms with Crippen molar-refractivity contribution in [2.24, 2.45) is 0 Å². The Bertz CT molecular complexity index is 350. The van der Waals surface area contributed by atoms with Crippen LogP contribution in [0, 0.1) is 11.3 Å². The highest BCUT2D eigenvalue weighted by atomic mass is 16.6. The summed E-state index contributed by atoms with van der Waals surface area (Å²) in [6.07, 6.45) is 0. The van der Waals surface area contributed by atoms with Gasteiger partial charge in [0, 0.05) is 6.07 Å². The predicted molar refractivity (Wildman–Crippen MR) is 35.3 cm³/mol. The average Bonchev–Trinajstić information content (AvgIpc) is 2.04. The highest BCUT2D eigenvalue weighted by Gasteiger charge is 2.03. The molecule has 0 radical (unpaired) electrons. The molecule has 0 saturated heterocycles. The lowest BCUT2D eigenvalue weighted by atomic mass is 10.3. The smallest absolute Gasteiger partial charge is 0.280 e. The van der Waals surface area contributed by atoms with Crippen LogP contribution >= 0.6 is 0 Å². The van der Waals surface area contributed by atoms with E-state index in [2.05, 4.69) is 15.7 Å². The SMILES string of the molecule is N#Cc1ccc(=O)[nH]c1O[NH3+]. The molecule has 0 aliphatic carbocycles. The third-order valence-electron chi connectivity index (χ3n) is 1.15. The summed E-state index contributed by atoms with van der Waals surface area (Å²) < 4.78 is 0. The van der Waals surface area contributed by atoms with E-state index in [1.165, 1.54) is 12.1 Å². The molecule has 56 valence electrons. The van der Waals surface area contributed by atoms with Crippen LogP contribution in [-0.4, -0.2) is 4.98 Å². The van der Waals surface area contributed by atoms with Crippen LogP contribution in [0.2, 0.25) is 0 Å². The Morgan fingerprint density at radius 1 is 1.64 bits per heavy atom. The fourth-order valence-corrected chi connectivity index (χ4v) is 0.657. The van der Waals surface area contributed by atoms with Gasteiger partial charge in [0.05, 0.1) is 0 Å². The quantitative estimate of drug-likeness (QED) is 0.494. The molecule has 0 fully saturated rings. The third-order valence-corrected chi connectivity index (χ3v) is 1.15. The van der Waals surface area contributed by atoms with Crippen molar-refractivity contribution in [3.8, 4) is 11.9 Å². The number of nitrogens with one attached hydrogen (secondary N) is 1. The fraction of sp³-hybridized carbons (Fsp3) is 0. The summed E-state index contributed by atoms with van der Waals surface area (Å²) >= 11 is 0. The average molecular weight is 152 g/mol. The Kier molecular flexibility index (Phi) is 1.90. The number of H-pyrrole nitrogens is 1. The van der Waals surface area contributed by atoms with Crippen LogP contribution in [0.25, 0.3) is 0 Å². The van der Waals surface area contributed by atoms with Gasteiger partial charge in [0.25, 0.3) is 11.4 Å². The van der Waals surface area contributed by atoms with Crippen molar-refractivity contribution in [2.75, 3.05) is 0 Å². The molecule has 0 spiro atoms. The van der Waals surface area contributed by atoms with Gasteiger partial charge >= 0.3 is 0 Å². The number of quaternary nitrogens is 1. The molecule has 0 saturated carbocycles. The van der Waals surface area contributed by atoms with Gasteiger partial charge in [-0.3, -0.25) is 9.78 Å². The minimum absolute atomic E-state index is 0.0972. The van der Waals surface area contributed by atoms with Crippen LogP contribution in [0.1, 0.15) is 5.56 Å². The largest absolute Gasteiger partial charge is 0.301 e. The lowest BCUT2D eigenvalue weighted by Crippen LogP contribution is -2.54. The number of rotatable bonds is 1. The lowest BCUT2D eigenvalue weighted by Gasteiger charge is -1.94. The van der Waals surface area contributed by atoms with Crippen molar-refractivity contribution >= 4 is 0 Å². The van der Waals surface area contributed by atoms with E-state index in [4.69, 9.17) is 5.26 Å². The van der Waals surface area contributed by atoms with Gasteiger partial charge in [-0.25, -0.2) is 0 Å². The van der Waals surface area contributed by atoms with E-state index < -0.39 is 0 Å². The number of hydrogen-bond donors (Lipinski definition) is 2. The molecule has 4 N–H and O–H groups in total. The fourth-order valence-electron chi connectivity index (χ4n) is 0.657. The molecule has 0 aliphatic rings. The third kappa shape index (κ3) is 1.36. The van der Waals surface area contributed by atoms with Crippen molar-refractivity contribution in [3.63, 3.8) is 0 Å². The summed E-state index contributed by atoms with van der Waals surface area (Å²) in [6, 6.07) is 4.46. The van der Waals surface area contributed by atoms with Crippen LogP contribution in [0.5, 0.6) is 5.88 Å². The summed E-state index contributed by atoms with van der Waals surface area (Å²) in [7, 11) is 0. The molecule has 0 bridgehead atoms. The van der Waals surface area contributed by atoms with Crippen molar-refractivity contribution in [1.29, 1.82) is 5.26 Å². The van der Waals surface area contributed by atoms with Crippen LogP contribution in [-0.2, 0) is 0 Å². The van der Waals surface area contributed by atoms with Gasteiger partial charge in [-0.1, -0.05) is 0 Å². The zero-order chi connectivity index (χ0) is 8.27. The van der Waals surface area contributed by atoms with Crippen LogP contribution < -0.4 is 16.3 Å².